The third kappa shape index (κ3) is 3.33. The number of nitrogens with zero attached hydrogens (tertiary/aromatic N) is 1. The molecule has 1 aromatic carbocycles. The van der Waals surface area contributed by atoms with E-state index in [4.69, 9.17) is 11.1 Å². The second kappa shape index (κ2) is 6.00. The van der Waals surface area contributed by atoms with E-state index in [1.54, 1.807) is 19.2 Å². The molecule has 2 rings (SSSR count). The lowest BCUT2D eigenvalue weighted by Gasteiger charge is -2.09. The number of nitrogen functional groups attached to an aromatic ring is 1. The number of nitrogens with two attached hydrogens (primary N) is 1. The Morgan fingerprint density at radius 2 is 2.14 bits per heavy atom. The molecule has 0 atom stereocenters. The second-order valence-electron chi connectivity index (χ2n) is 4.56. The summed E-state index contributed by atoms with van der Waals surface area (Å²) in [5, 5.41) is 10.4. The first kappa shape index (κ1) is 14.5. The van der Waals surface area contributed by atoms with Crippen molar-refractivity contribution in [3.8, 4) is 11.1 Å². The van der Waals surface area contributed by atoms with Gasteiger partial charge in [0, 0.05) is 28.7 Å². The molecule has 5 heteroatoms. The van der Waals surface area contributed by atoms with Crippen LogP contribution in [-0.2, 0) is 4.79 Å². The molecule has 1 aromatic heterocycles. The summed E-state index contributed by atoms with van der Waals surface area (Å²) < 4.78 is 0. The molecule has 1 heterocycles. The van der Waals surface area contributed by atoms with E-state index in [0.29, 0.717) is 22.8 Å². The van der Waals surface area contributed by atoms with Crippen LogP contribution in [0, 0.1) is 5.41 Å². The SMILES string of the molecule is C=CC(=O)Nc1cccc(-c2cnc(N)c(C(C)=N)c2)c1. The predicted octanol–water partition coefficient (Wildman–Crippen LogP) is 2.84. The maximum Gasteiger partial charge on any atom is 0.247 e. The van der Waals surface area contributed by atoms with Gasteiger partial charge in [-0.1, -0.05) is 18.7 Å². The minimum Gasteiger partial charge on any atom is -0.383 e. The van der Waals surface area contributed by atoms with Gasteiger partial charge in [0.15, 0.2) is 0 Å². The number of benzene rings is 1. The Balaban J connectivity index is 2.40. The Hall–Kier alpha value is -2.95. The van der Waals surface area contributed by atoms with E-state index < -0.39 is 0 Å². The third-order valence-corrected chi connectivity index (χ3v) is 2.97. The van der Waals surface area contributed by atoms with Crippen LogP contribution >= 0.6 is 0 Å². The van der Waals surface area contributed by atoms with Gasteiger partial charge in [-0.15, -0.1) is 0 Å². The van der Waals surface area contributed by atoms with Crippen molar-refractivity contribution >= 4 is 23.1 Å². The molecular weight excluding hydrogens is 264 g/mol. The van der Waals surface area contributed by atoms with Crippen molar-refractivity contribution in [2.45, 2.75) is 6.92 Å². The number of pyridine rings is 1. The zero-order chi connectivity index (χ0) is 15.4. The van der Waals surface area contributed by atoms with E-state index in [0.717, 1.165) is 11.1 Å². The molecule has 1 amide bonds. The zero-order valence-electron chi connectivity index (χ0n) is 11.7. The Bertz CT molecular complexity index is 722. The average Bonchev–Trinajstić information content (AvgIpc) is 2.47. The third-order valence-electron chi connectivity index (χ3n) is 2.97. The summed E-state index contributed by atoms with van der Waals surface area (Å²) >= 11 is 0. The molecule has 106 valence electrons. The number of hydrogen-bond acceptors (Lipinski definition) is 4. The van der Waals surface area contributed by atoms with Crippen molar-refractivity contribution in [3.05, 3.63) is 54.7 Å². The molecule has 4 N–H and O–H groups in total. The van der Waals surface area contributed by atoms with Crippen molar-refractivity contribution in [3.63, 3.8) is 0 Å². The van der Waals surface area contributed by atoms with Gasteiger partial charge in [0.2, 0.25) is 5.91 Å². The molecule has 0 spiro atoms. The molecule has 0 fully saturated rings. The smallest absolute Gasteiger partial charge is 0.247 e. The van der Waals surface area contributed by atoms with Gasteiger partial charge >= 0.3 is 0 Å². The van der Waals surface area contributed by atoms with Gasteiger partial charge in [-0.25, -0.2) is 4.98 Å². The molecule has 0 saturated carbocycles. The molecule has 2 aromatic rings. The highest BCUT2D eigenvalue weighted by molar-refractivity contribution is 6.01. The first-order chi connectivity index (χ1) is 10.0. The van der Waals surface area contributed by atoms with Gasteiger partial charge in [-0.3, -0.25) is 4.79 Å². The van der Waals surface area contributed by atoms with Gasteiger partial charge in [-0.05, 0) is 36.8 Å². The van der Waals surface area contributed by atoms with Gasteiger partial charge in [-0.2, -0.15) is 0 Å². The number of nitrogens with one attached hydrogen (secondary N) is 2. The Labute approximate surface area is 123 Å². The lowest BCUT2D eigenvalue weighted by Crippen LogP contribution is -2.07. The first-order valence-electron chi connectivity index (χ1n) is 6.36. The second-order valence-corrected chi connectivity index (χ2v) is 4.56. The van der Waals surface area contributed by atoms with Crippen LogP contribution < -0.4 is 11.1 Å². The summed E-state index contributed by atoms with van der Waals surface area (Å²) in [6, 6.07) is 9.18. The minimum absolute atomic E-state index is 0.265. The van der Waals surface area contributed by atoms with E-state index in [1.165, 1.54) is 6.08 Å². The Kier molecular flexibility index (Phi) is 4.13. The van der Waals surface area contributed by atoms with Crippen molar-refractivity contribution < 1.29 is 4.79 Å². The molecule has 0 radical (unpaired) electrons. The highest BCUT2D eigenvalue weighted by Crippen LogP contribution is 2.24. The number of amides is 1. The number of anilines is 2. The molecule has 0 aliphatic heterocycles. The highest BCUT2D eigenvalue weighted by Gasteiger charge is 2.07. The van der Waals surface area contributed by atoms with E-state index >= 15 is 0 Å². The topological polar surface area (TPSA) is 91.9 Å². The van der Waals surface area contributed by atoms with E-state index in [9.17, 15) is 4.79 Å². The molecule has 0 saturated heterocycles. The van der Waals surface area contributed by atoms with Crippen LogP contribution in [0.3, 0.4) is 0 Å². The molecule has 21 heavy (non-hydrogen) atoms. The lowest BCUT2D eigenvalue weighted by molar-refractivity contribution is -0.111. The van der Waals surface area contributed by atoms with Crippen LogP contribution in [0.15, 0.2) is 49.2 Å². The van der Waals surface area contributed by atoms with Crippen LogP contribution in [-0.4, -0.2) is 16.6 Å². The van der Waals surface area contributed by atoms with Crippen LogP contribution in [0.5, 0.6) is 0 Å². The van der Waals surface area contributed by atoms with Crippen molar-refractivity contribution in [2.24, 2.45) is 0 Å². The molecular formula is C16H16N4O. The summed E-state index contributed by atoms with van der Waals surface area (Å²) in [7, 11) is 0. The summed E-state index contributed by atoms with van der Waals surface area (Å²) in [6.07, 6.45) is 2.87. The maximum atomic E-state index is 11.3. The maximum absolute atomic E-state index is 11.3. The van der Waals surface area contributed by atoms with Crippen LogP contribution in [0.2, 0.25) is 0 Å². The largest absolute Gasteiger partial charge is 0.383 e. The normalized spacial score (nSPS) is 9.95. The molecule has 5 nitrogen and oxygen atoms in total. The van der Waals surface area contributed by atoms with Gasteiger partial charge in [0.05, 0.1) is 0 Å². The Morgan fingerprint density at radius 3 is 2.81 bits per heavy atom. The van der Waals surface area contributed by atoms with Gasteiger partial charge in [0.1, 0.15) is 5.82 Å². The van der Waals surface area contributed by atoms with E-state index in [1.807, 2.05) is 24.3 Å². The van der Waals surface area contributed by atoms with Crippen molar-refractivity contribution in [1.29, 1.82) is 5.41 Å². The molecule has 0 aliphatic rings. The summed E-state index contributed by atoms with van der Waals surface area (Å²) in [4.78, 5) is 15.4. The zero-order valence-corrected chi connectivity index (χ0v) is 11.7. The number of hydrogen-bond donors (Lipinski definition) is 3. The fourth-order valence-corrected chi connectivity index (χ4v) is 1.90. The number of carbonyl (C=O) groups excluding carboxylic acids is 1. The average molecular weight is 280 g/mol. The quantitative estimate of drug-likeness (QED) is 0.594. The first-order valence-corrected chi connectivity index (χ1v) is 6.36. The number of rotatable bonds is 4. The van der Waals surface area contributed by atoms with E-state index in [2.05, 4.69) is 16.9 Å². The molecule has 0 unspecified atom stereocenters. The Morgan fingerprint density at radius 1 is 1.38 bits per heavy atom. The van der Waals surface area contributed by atoms with Crippen molar-refractivity contribution in [2.75, 3.05) is 11.1 Å². The fraction of sp³-hybridized carbons (Fsp3) is 0.0625. The van der Waals surface area contributed by atoms with Crippen LogP contribution in [0.25, 0.3) is 11.1 Å². The predicted molar refractivity (Wildman–Crippen MR) is 85.4 cm³/mol. The van der Waals surface area contributed by atoms with Crippen LogP contribution in [0.1, 0.15) is 12.5 Å². The highest BCUT2D eigenvalue weighted by atomic mass is 16.1. The number of carbonyl (C=O) groups is 1. The minimum atomic E-state index is -0.265. The van der Waals surface area contributed by atoms with Crippen molar-refractivity contribution in [1.82, 2.24) is 4.98 Å². The summed E-state index contributed by atoms with van der Waals surface area (Å²) in [5.74, 6) is 0.0703. The van der Waals surface area contributed by atoms with E-state index in [-0.39, 0.29) is 5.91 Å². The lowest BCUT2D eigenvalue weighted by atomic mass is 10.0. The van der Waals surface area contributed by atoms with Gasteiger partial charge in [0.25, 0.3) is 0 Å². The van der Waals surface area contributed by atoms with Gasteiger partial charge < -0.3 is 16.5 Å². The summed E-state index contributed by atoms with van der Waals surface area (Å²) in [5.41, 5.74) is 9.11. The fourth-order valence-electron chi connectivity index (χ4n) is 1.90. The standard InChI is InChI=1S/C16H16N4O/c1-3-15(21)20-13-6-4-5-11(7-13)12-8-14(10(2)17)16(18)19-9-12/h3-9,17H,1H2,2H3,(H2,18,19)(H,20,21). The molecule has 0 bridgehead atoms. The number of aromatic nitrogens is 1. The molecule has 0 aliphatic carbocycles. The van der Waals surface area contributed by atoms with Crippen LogP contribution in [0.4, 0.5) is 11.5 Å². The monoisotopic (exact) mass is 280 g/mol. The summed E-state index contributed by atoms with van der Waals surface area (Å²) in [6.45, 7) is 5.08.